The molecule has 2 rings (SSSR count). The van der Waals surface area contributed by atoms with Crippen molar-refractivity contribution in [2.45, 2.75) is 20.0 Å². The molecule has 0 fully saturated rings. The number of aromatic nitrogens is 1. The molecule has 0 aliphatic carbocycles. The maximum atomic E-state index is 11.7. The van der Waals surface area contributed by atoms with Gasteiger partial charge in [-0.15, -0.1) is 11.3 Å². The van der Waals surface area contributed by atoms with Crippen LogP contribution in [0.4, 0.5) is 4.79 Å². The lowest BCUT2D eigenvalue weighted by molar-refractivity contribution is 0.0701. The SMILES string of the molecule is Cc1nc(CNC(=O)NCc2ccccc2)sc1C(=O)O. The summed E-state index contributed by atoms with van der Waals surface area (Å²) in [5.41, 5.74) is 1.47. The van der Waals surface area contributed by atoms with Crippen LogP contribution < -0.4 is 10.6 Å². The number of thiazole rings is 1. The first kappa shape index (κ1) is 15.0. The summed E-state index contributed by atoms with van der Waals surface area (Å²) in [4.78, 5) is 26.9. The van der Waals surface area contributed by atoms with Crippen LogP contribution in [0.3, 0.4) is 0 Å². The van der Waals surface area contributed by atoms with E-state index in [2.05, 4.69) is 15.6 Å². The summed E-state index contributed by atoms with van der Waals surface area (Å²) in [6, 6.07) is 9.24. The van der Waals surface area contributed by atoms with Gasteiger partial charge in [-0.1, -0.05) is 30.3 Å². The minimum absolute atomic E-state index is 0.205. The normalized spacial score (nSPS) is 10.1. The fourth-order valence-electron chi connectivity index (χ4n) is 1.72. The highest BCUT2D eigenvalue weighted by Gasteiger charge is 2.14. The van der Waals surface area contributed by atoms with Gasteiger partial charge in [-0.3, -0.25) is 0 Å². The van der Waals surface area contributed by atoms with E-state index < -0.39 is 5.97 Å². The van der Waals surface area contributed by atoms with Crippen molar-refractivity contribution in [1.29, 1.82) is 0 Å². The average molecular weight is 305 g/mol. The van der Waals surface area contributed by atoms with Gasteiger partial charge in [0.05, 0.1) is 12.2 Å². The Hall–Kier alpha value is -2.41. The molecule has 21 heavy (non-hydrogen) atoms. The fraction of sp³-hybridized carbons (Fsp3) is 0.214. The third-order valence-corrected chi connectivity index (χ3v) is 3.88. The van der Waals surface area contributed by atoms with E-state index in [0.717, 1.165) is 16.9 Å². The number of aryl methyl sites for hydroxylation is 1. The number of hydrogen-bond donors (Lipinski definition) is 3. The summed E-state index contributed by atoms with van der Waals surface area (Å²) in [5.74, 6) is -0.996. The van der Waals surface area contributed by atoms with Crippen LogP contribution in [0.5, 0.6) is 0 Å². The minimum Gasteiger partial charge on any atom is -0.477 e. The number of urea groups is 1. The first-order valence-electron chi connectivity index (χ1n) is 6.31. The zero-order valence-electron chi connectivity index (χ0n) is 11.4. The summed E-state index contributed by atoms with van der Waals surface area (Å²) in [5, 5.41) is 14.9. The number of benzene rings is 1. The standard InChI is InChI=1S/C14H15N3O3S/c1-9-12(13(18)19)21-11(17-9)8-16-14(20)15-7-10-5-3-2-4-6-10/h2-6H,7-8H2,1H3,(H,18,19)(H2,15,16,20). The molecular formula is C14H15N3O3S. The Kier molecular flexibility index (Phi) is 4.89. The van der Waals surface area contributed by atoms with E-state index in [4.69, 9.17) is 5.11 Å². The summed E-state index contributed by atoms with van der Waals surface area (Å²) < 4.78 is 0. The van der Waals surface area contributed by atoms with Crippen LogP contribution in [-0.2, 0) is 13.1 Å². The smallest absolute Gasteiger partial charge is 0.347 e. The molecule has 0 radical (unpaired) electrons. The minimum atomic E-state index is -0.996. The van der Waals surface area contributed by atoms with Crippen molar-refractivity contribution in [3.63, 3.8) is 0 Å². The Morgan fingerprint density at radius 3 is 2.48 bits per heavy atom. The van der Waals surface area contributed by atoms with E-state index in [9.17, 15) is 9.59 Å². The Balaban J connectivity index is 1.81. The highest BCUT2D eigenvalue weighted by atomic mass is 32.1. The van der Waals surface area contributed by atoms with Crippen molar-refractivity contribution in [2.75, 3.05) is 0 Å². The van der Waals surface area contributed by atoms with Crippen molar-refractivity contribution in [3.8, 4) is 0 Å². The summed E-state index contributed by atoms with van der Waals surface area (Å²) >= 11 is 1.07. The van der Waals surface area contributed by atoms with Gasteiger partial charge in [0.15, 0.2) is 0 Å². The molecule has 0 atom stereocenters. The molecule has 0 saturated heterocycles. The van der Waals surface area contributed by atoms with Gasteiger partial charge in [0.2, 0.25) is 0 Å². The second kappa shape index (κ2) is 6.85. The number of rotatable bonds is 5. The second-order valence-electron chi connectivity index (χ2n) is 4.35. The van der Waals surface area contributed by atoms with E-state index in [1.54, 1.807) is 6.92 Å². The number of carbonyl (C=O) groups is 2. The van der Waals surface area contributed by atoms with Gasteiger partial charge in [-0.05, 0) is 12.5 Å². The molecule has 110 valence electrons. The third-order valence-electron chi connectivity index (χ3n) is 2.73. The Morgan fingerprint density at radius 2 is 1.86 bits per heavy atom. The van der Waals surface area contributed by atoms with E-state index >= 15 is 0 Å². The number of aromatic carboxylic acids is 1. The Labute approximate surface area is 125 Å². The average Bonchev–Trinajstić information content (AvgIpc) is 2.85. The molecular weight excluding hydrogens is 290 g/mol. The third kappa shape index (κ3) is 4.28. The number of nitrogens with zero attached hydrogens (tertiary/aromatic N) is 1. The largest absolute Gasteiger partial charge is 0.477 e. The molecule has 2 amide bonds. The van der Waals surface area contributed by atoms with E-state index in [1.807, 2.05) is 30.3 Å². The molecule has 7 heteroatoms. The molecule has 0 aliphatic rings. The molecule has 0 unspecified atom stereocenters. The maximum Gasteiger partial charge on any atom is 0.347 e. The topological polar surface area (TPSA) is 91.3 Å². The monoisotopic (exact) mass is 305 g/mol. The van der Waals surface area contributed by atoms with Gasteiger partial charge in [0.25, 0.3) is 0 Å². The molecule has 3 N–H and O–H groups in total. The van der Waals surface area contributed by atoms with Crippen LogP contribution in [-0.4, -0.2) is 22.1 Å². The summed E-state index contributed by atoms with van der Waals surface area (Å²) in [7, 11) is 0. The number of amides is 2. The maximum absolute atomic E-state index is 11.7. The molecule has 2 aromatic rings. The number of carbonyl (C=O) groups excluding carboxylic acids is 1. The van der Waals surface area contributed by atoms with Crippen molar-refractivity contribution >= 4 is 23.3 Å². The fourth-order valence-corrected chi connectivity index (χ4v) is 2.57. The Morgan fingerprint density at radius 1 is 1.19 bits per heavy atom. The van der Waals surface area contributed by atoms with E-state index in [1.165, 1.54) is 0 Å². The van der Waals surface area contributed by atoms with Crippen LogP contribution in [0.15, 0.2) is 30.3 Å². The number of carboxylic acids is 1. The molecule has 0 aliphatic heterocycles. The van der Waals surface area contributed by atoms with Gasteiger partial charge >= 0.3 is 12.0 Å². The predicted octanol–water partition coefficient (Wildman–Crippen LogP) is 2.15. The first-order chi connectivity index (χ1) is 10.1. The first-order valence-corrected chi connectivity index (χ1v) is 7.13. The number of carboxylic acid groups (broad SMARTS) is 1. The van der Waals surface area contributed by atoms with Gasteiger partial charge in [-0.2, -0.15) is 0 Å². The van der Waals surface area contributed by atoms with E-state index in [-0.39, 0.29) is 17.5 Å². The van der Waals surface area contributed by atoms with Crippen LogP contribution in [0.25, 0.3) is 0 Å². The van der Waals surface area contributed by atoms with Crippen molar-refractivity contribution in [3.05, 3.63) is 51.5 Å². The molecule has 0 bridgehead atoms. The second-order valence-corrected chi connectivity index (χ2v) is 5.43. The van der Waals surface area contributed by atoms with Crippen LogP contribution in [0.2, 0.25) is 0 Å². The van der Waals surface area contributed by atoms with Crippen LogP contribution in [0.1, 0.15) is 25.9 Å². The van der Waals surface area contributed by atoms with Gasteiger partial charge in [-0.25, -0.2) is 14.6 Å². The lowest BCUT2D eigenvalue weighted by Crippen LogP contribution is -2.34. The molecule has 6 nitrogen and oxygen atoms in total. The zero-order chi connectivity index (χ0) is 15.2. The molecule has 0 saturated carbocycles. The predicted molar refractivity (Wildman–Crippen MR) is 79.3 cm³/mol. The van der Waals surface area contributed by atoms with Crippen LogP contribution in [0, 0.1) is 6.92 Å². The summed E-state index contributed by atoms with van der Waals surface area (Å²) in [6.45, 7) is 2.28. The van der Waals surface area contributed by atoms with Gasteiger partial charge in [0, 0.05) is 6.54 Å². The van der Waals surface area contributed by atoms with E-state index in [0.29, 0.717) is 17.2 Å². The van der Waals surface area contributed by atoms with Crippen molar-refractivity contribution < 1.29 is 14.7 Å². The van der Waals surface area contributed by atoms with Crippen LogP contribution >= 0.6 is 11.3 Å². The van der Waals surface area contributed by atoms with Crippen molar-refractivity contribution in [1.82, 2.24) is 15.6 Å². The molecule has 1 aromatic heterocycles. The highest BCUT2D eigenvalue weighted by Crippen LogP contribution is 2.17. The van der Waals surface area contributed by atoms with Gasteiger partial charge in [0.1, 0.15) is 9.88 Å². The lowest BCUT2D eigenvalue weighted by atomic mass is 10.2. The molecule has 0 spiro atoms. The zero-order valence-corrected chi connectivity index (χ0v) is 12.2. The molecule has 1 heterocycles. The summed E-state index contributed by atoms with van der Waals surface area (Å²) in [6.07, 6.45) is 0. The van der Waals surface area contributed by atoms with Crippen molar-refractivity contribution in [2.24, 2.45) is 0 Å². The highest BCUT2D eigenvalue weighted by molar-refractivity contribution is 7.13. The number of nitrogens with one attached hydrogen (secondary N) is 2. The number of hydrogen-bond acceptors (Lipinski definition) is 4. The molecule has 1 aromatic carbocycles. The Bertz CT molecular complexity index is 640. The quantitative estimate of drug-likeness (QED) is 0.789. The van der Waals surface area contributed by atoms with Gasteiger partial charge < -0.3 is 15.7 Å². The lowest BCUT2D eigenvalue weighted by Gasteiger charge is -2.06.